The first-order valence-corrected chi connectivity index (χ1v) is 18.5. The van der Waals surface area contributed by atoms with E-state index in [1.54, 1.807) is 9.80 Å². The number of amides is 4. The average molecular weight is 763 g/mol. The molecule has 14 heteroatoms. The molecule has 0 bridgehead atoms. The number of nitrogens with two attached hydrogens (primary N) is 1. The number of para-hydroxylation sites is 1. The minimum Gasteiger partial charge on any atom is -0.397 e. The van der Waals surface area contributed by atoms with Crippen molar-refractivity contribution < 1.29 is 27.6 Å². The summed E-state index contributed by atoms with van der Waals surface area (Å²) in [5.74, 6) is -1.23. The van der Waals surface area contributed by atoms with Crippen LogP contribution in [0.1, 0.15) is 48.8 Å². The Labute approximate surface area is 300 Å². The van der Waals surface area contributed by atoms with Crippen LogP contribution < -0.4 is 11.1 Å². The summed E-state index contributed by atoms with van der Waals surface area (Å²) in [4.78, 5) is 51.2. The van der Waals surface area contributed by atoms with Crippen LogP contribution in [0.3, 0.4) is 0 Å². The van der Waals surface area contributed by atoms with Crippen LogP contribution in [0.5, 0.6) is 0 Å². The van der Waals surface area contributed by atoms with Gasteiger partial charge in [-0.1, -0.05) is 18.2 Å². The Balaban J connectivity index is 1.12. The molecule has 10 nitrogen and oxygen atoms in total. The Morgan fingerprint density at radius 2 is 1.56 bits per heavy atom. The highest BCUT2D eigenvalue weighted by atomic mass is 79.9. The number of piperidine rings is 2. The lowest BCUT2D eigenvalue weighted by Crippen LogP contribution is -2.53. The van der Waals surface area contributed by atoms with Gasteiger partial charge < -0.3 is 30.7 Å². The predicted octanol–water partition coefficient (Wildman–Crippen LogP) is 4.92. The number of nitrogens with zero attached hydrogens (tertiary/aromatic N) is 5. The van der Waals surface area contributed by atoms with Crippen molar-refractivity contribution >= 4 is 45.2 Å². The Morgan fingerprint density at radius 3 is 2.24 bits per heavy atom. The second-order valence-electron chi connectivity index (χ2n) is 14.2. The second-order valence-corrected chi connectivity index (χ2v) is 15.0. The molecule has 1 atom stereocenters. The SMILES string of the molecule is CN1CCN(C2CCN(C(=O)[C@H](CC(=O)N3CCC(N4CCc5ccccc5NC4=O)CC3)Cc3cc(Br)c(N)c(C(F)(F)F)c3)CC2)CC1. The predicted molar refractivity (Wildman–Crippen MR) is 190 cm³/mol. The van der Waals surface area contributed by atoms with E-state index in [-0.39, 0.29) is 41.2 Å². The zero-order valence-corrected chi connectivity index (χ0v) is 30.1. The third kappa shape index (κ3) is 8.39. The third-order valence-corrected chi connectivity index (χ3v) is 11.6. The largest absolute Gasteiger partial charge is 0.418 e. The van der Waals surface area contributed by atoms with E-state index < -0.39 is 23.3 Å². The van der Waals surface area contributed by atoms with Crippen LogP contribution in [0, 0.1) is 5.92 Å². The molecule has 272 valence electrons. The molecule has 0 saturated carbocycles. The first kappa shape index (κ1) is 36.4. The van der Waals surface area contributed by atoms with Crippen molar-refractivity contribution in [3.05, 3.63) is 57.6 Å². The summed E-state index contributed by atoms with van der Waals surface area (Å²) in [5, 5.41) is 3.02. The number of benzene rings is 2. The first-order valence-electron chi connectivity index (χ1n) is 17.7. The summed E-state index contributed by atoms with van der Waals surface area (Å²) in [5.41, 5.74) is 6.61. The minimum absolute atomic E-state index is 0.0180. The number of likely N-dealkylation sites (tertiary alicyclic amines) is 2. The molecule has 0 spiro atoms. The van der Waals surface area contributed by atoms with Crippen LogP contribution in [0.25, 0.3) is 0 Å². The normalized spacial score (nSPS) is 21.1. The number of alkyl halides is 3. The van der Waals surface area contributed by atoms with Crippen LogP contribution in [0.4, 0.5) is 29.3 Å². The van der Waals surface area contributed by atoms with Gasteiger partial charge in [0.05, 0.1) is 17.2 Å². The molecule has 6 rings (SSSR count). The van der Waals surface area contributed by atoms with Crippen molar-refractivity contribution in [1.82, 2.24) is 24.5 Å². The number of hydrogen-bond donors (Lipinski definition) is 2. The Bertz CT molecular complexity index is 1550. The zero-order chi connectivity index (χ0) is 35.6. The summed E-state index contributed by atoms with van der Waals surface area (Å²) in [7, 11) is 2.12. The molecule has 0 aromatic heterocycles. The summed E-state index contributed by atoms with van der Waals surface area (Å²) < 4.78 is 41.7. The first-order chi connectivity index (χ1) is 23.9. The molecular weight excluding hydrogens is 715 g/mol. The third-order valence-electron chi connectivity index (χ3n) is 11.0. The number of carbonyl (C=O) groups excluding carboxylic acids is 3. The smallest absolute Gasteiger partial charge is 0.397 e. The molecule has 0 aliphatic carbocycles. The summed E-state index contributed by atoms with van der Waals surface area (Å²) in [6.07, 6.45) is -1.20. The number of likely N-dealkylation sites (N-methyl/N-ethyl adjacent to an activating group) is 1. The number of fused-ring (bicyclic) bond motifs is 1. The molecule has 2 aromatic rings. The Morgan fingerprint density at radius 1 is 0.920 bits per heavy atom. The minimum atomic E-state index is -4.67. The van der Waals surface area contributed by atoms with E-state index in [2.05, 4.69) is 38.1 Å². The van der Waals surface area contributed by atoms with Crippen LogP contribution >= 0.6 is 15.9 Å². The summed E-state index contributed by atoms with van der Waals surface area (Å²) in [6.45, 7) is 6.56. The van der Waals surface area contributed by atoms with E-state index in [0.29, 0.717) is 57.2 Å². The molecule has 0 unspecified atom stereocenters. The number of nitrogen functional groups attached to an aromatic ring is 1. The molecule has 50 heavy (non-hydrogen) atoms. The molecule has 3 N–H and O–H groups in total. The Hall–Kier alpha value is -3.36. The van der Waals surface area contributed by atoms with Gasteiger partial charge in [0.25, 0.3) is 0 Å². The van der Waals surface area contributed by atoms with Gasteiger partial charge in [-0.15, -0.1) is 0 Å². The lowest BCUT2D eigenvalue weighted by atomic mass is 9.91. The highest BCUT2D eigenvalue weighted by Crippen LogP contribution is 2.39. The van der Waals surface area contributed by atoms with E-state index in [1.165, 1.54) is 6.07 Å². The highest BCUT2D eigenvalue weighted by Gasteiger charge is 2.38. The molecule has 4 aliphatic rings. The number of urea groups is 1. The summed E-state index contributed by atoms with van der Waals surface area (Å²) in [6, 6.07) is 10.5. The monoisotopic (exact) mass is 761 g/mol. The highest BCUT2D eigenvalue weighted by molar-refractivity contribution is 9.10. The van der Waals surface area contributed by atoms with Gasteiger partial charge in [-0.3, -0.25) is 14.5 Å². The number of halogens is 4. The number of anilines is 2. The number of carbonyl (C=O) groups is 3. The van der Waals surface area contributed by atoms with Gasteiger partial charge >= 0.3 is 12.2 Å². The van der Waals surface area contributed by atoms with Crippen molar-refractivity contribution in [2.24, 2.45) is 5.92 Å². The van der Waals surface area contributed by atoms with Crippen LogP contribution in [0.2, 0.25) is 0 Å². The van der Waals surface area contributed by atoms with Gasteiger partial charge in [0.1, 0.15) is 0 Å². The lowest BCUT2D eigenvalue weighted by molar-refractivity contribution is -0.143. The number of rotatable bonds is 7. The fourth-order valence-electron chi connectivity index (χ4n) is 7.96. The fourth-order valence-corrected chi connectivity index (χ4v) is 8.47. The van der Waals surface area contributed by atoms with Gasteiger partial charge in [-0.05, 0) is 90.8 Å². The van der Waals surface area contributed by atoms with Gasteiger partial charge in [-0.25, -0.2) is 4.79 Å². The molecule has 4 amide bonds. The van der Waals surface area contributed by atoms with E-state index >= 15 is 0 Å². The topological polar surface area (TPSA) is 105 Å². The van der Waals surface area contributed by atoms with E-state index in [1.807, 2.05) is 29.2 Å². The van der Waals surface area contributed by atoms with Crippen molar-refractivity contribution in [2.75, 3.05) is 77.0 Å². The van der Waals surface area contributed by atoms with Gasteiger partial charge in [0.2, 0.25) is 11.8 Å². The molecule has 0 radical (unpaired) electrons. The number of piperazine rings is 1. The van der Waals surface area contributed by atoms with Crippen molar-refractivity contribution in [2.45, 2.75) is 63.2 Å². The number of nitrogens with one attached hydrogen (secondary N) is 1. The lowest BCUT2D eigenvalue weighted by Gasteiger charge is -2.42. The van der Waals surface area contributed by atoms with Crippen molar-refractivity contribution in [3.63, 3.8) is 0 Å². The van der Waals surface area contributed by atoms with Crippen LogP contribution in [0.15, 0.2) is 40.9 Å². The van der Waals surface area contributed by atoms with E-state index in [0.717, 1.165) is 62.8 Å². The fraction of sp³-hybridized carbons (Fsp3) is 0.583. The standard InChI is InChI=1S/C36H47BrF3N7O3/c1-43-16-18-44(19-17-43)27-7-13-46(14-8-27)34(49)26(20-24-21-29(36(38,39)40)33(41)30(37)22-24)23-32(48)45-11-9-28(10-12-45)47-15-6-25-4-2-3-5-31(25)42-35(47)50/h2-5,21-22,26-28H,6-20,23,41H2,1H3,(H,42,50)/t26-/m0/s1. The zero-order valence-electron chi connectivity index (χ0n) is 28.6. The maximum absolute atomic E-state index is 14.1. The van der Waals surface area contributed by atoms with E-state index in [9.17, 15) is 27.6 Å². The molecule has 4 heterocycles. The van der Waals surface area contributed by atoms with Crippen LogP contribution in [-0.2, 0) is 28.6 Å². The van der Waals surface area contributed by atoms with Gasteiger partial charge in [0, 0.05) is 87.6 Å². The molecule has 3 fully saturated rings. The maximum atomic E-state index is 14.1. The quantitative estimate of drug-likeness (QED) is 0.389. The van der Waals surface area contributed by atoms with Gasteiger partial charge in [-0.2, -0.15) is 13.2 Å². The molecule has 3 saturated heterocycles. The van der Waals surface area contributed by atoms with E-state index in [4.69, 9.17) is 5.73 Å². The van der Waals surface area contributed by atoms with Crippen molar-refractivity contribution in [3.8, 4) is 0 Å². The molecule has 2 aromatic carbocycles. The van der Waals surface area contributed by atoms with Crippen LogP contribution in [-0.4, -0.2) is 120 Å². The maximum Gasteiger partial charge on any atom is 0.418 e. The molecule has 4 aliphatic heterocycles. The van der Waals surface area contributed by atoms with Gasteiger partial charge in [0.15, 0.2) is 0 Å². The molecular formula is C36H47BrF3N7O3. The Kier molecular flexibility index (Phi) is 11.3. The summed E-state index contributed by atoms with van der Waals surface area (Å²) >= 11 is 3.17. The average Bonchev–Trinajstić information content (AvgIpc) is 3.27. The van der Waals surface area contributed by atoms with Crippen molar-refractivity contribution in [1.29, 1.82) is 0 Å². The second kappa shape index (κ2) is 15.5. The number of hydrogen-bond acceptors (Lipinski definition) is 6.